The van der Waals surface area contributed by atoms with Crippen LogP contribution in [0.25, 0.3) is 0 Å². The summed E-state index contributed by atoms with van der Waals surface area (Å²) in [4.78, 5) is 33.1. The van der Waals surface area contributed by atoms with Crippen LogP contribution in [0.4, 0.5) is 9.59 Å². The lowest BCUT2D eigenvalue weighted by atomic mass is 9.55. The molecule has 1 saturated carbocycles. The number of fused-ring (bicyclic) bond motifs is 2. The molecule has 12 heteroatoms. The van der Waals surface area contributed by atoms with Crippen LogP contribution < -0.4 is 14.8 Å². The van der Waals surface area contributed by atoms with E-state index < -0.39 is 29.9 Å². The second-order valence-corrected chi connectivity index (χ2v) is 12.4. The number of hydrogen-bond donors (Lipinski definition) is 3. The van der Waals surface area contributed by atoms with Gasteiger partial charge in [0.1, 0.15) is 24.1 Å². The number of aliphatic hydroxyl groups excluding tert-OH is 2. The van der Waals surface area contributed by atoms with Crippen molar-refractivity contribution in [1.29, 1.82) is 0 Å². The number of nitrogens with one attached hydrogen (secondary N) is 1. The van der Waals surface area contributed by atoms with Crippen LogP contribution in [0.5, 0.6) is 11.5 Å². The number of amides is 2. The molecule has 1 aromatic rings. The van der Waals surface area contributed by atoms with Gasteiger partial charge in [0.15, 0.2) is 0 Å². The zero-order valence-electron chi connectivity index (χ0n) is 28.8. The molecule has 0 radical (unpaired) electrons. The van der Waals surface area contributed by atoms with Gasteiger partial charge < -0.3 is 44.2 Å². The van der Waals surface area contributed by atoms with Crippen LogP contribution in [0.2, 0.25) is 0 Å². The van der Waals surface area contributed by atoms with E-state index in [9.17, 15) is 19.8 Å². The summed E-state index contributed by atoms with van der Waals surface area (Å²) < 4.78 is 24.9. The SMILES string of the molecule is C=CCO[C@@]12Oc3ccc(OC(=O)NCC)cc3[C@H]3[C@H](CCCCO)[C@@H](CCCCO)C=C(C(=NOCC)C[C@@H]1N(C)C(=O)OCC)[C@H]32. The van der Waals surface area contributed by atoms with E-state index in [2.05, 4.69) is 23.1 Å². The fourth-order valence-electron chi connectivity index (χ4n) is 7.57. The average molecular weight is 672 g/mol. The molecule has 1 heterocycles. The number of rotatable bonds is 17. The normalized spacial score (nSPS) is 26.3. The van der Waals surface area contributed by atoms with Gasteiger partial charge in [-0.1, -0.05) is 30.1 Å². The Balaban J connectivity index is 2.00. The van der Waals surface area contributed by atoms with Crippen molar-refractivity contribution in [2.45, 2.75) is 83.5 Å². The van der Waals surface area contributed by atoms with Crippen molar-refractivity contribution >= 4 is 17.9 Å². The Morgan fingerprint density at radius 3 is 2.54 bits per heavy atom. The molecule has 0 spiro atoms. The highest BCUT2D eigenvalue weighted by Crippen LogP contribution is 2.61. The molecule has 4 rings (SSSR count). The maximum absolute atomic E-state index is 13.4. The van der Waals surface area contributed by atoms with Crippen molar-refractivity contribution in [2.75, 3.05) is 46.6 Å². The van der Waals surface area contributed by atoms with Crippen LogP contribution in [0.15, 0.2) is 47.7 Å². The van der Waals surface area contributed by atoms with E-state index in [4.69, 9.17) is 23.8 Å². The Morgan fingerprint density at radius 2 is 1.88 bits per heavy atom. The van der Waals surface area contributed by atoms with Crippen LogP contribution in [0, 0.1) is 17.8 Å². The van der Waals surface area contributed by atoms with E-state index in [-0.39, 0.29) is 50.6 Å². The molecule has 1 aliphatic heterocycles. The van der Waals surface area contributed by atoms with Gasteiger partial charge in [0.25, 0.3) is 0 Å². The number of hydrogen-bond acceptors (Lipinski definition) is 10. The number of aliphatic hydroxyl groups is 2. The van der Waals surface area contributed by atoms with Gasteiger partial charge in [0.05, 0.1) is 24.8 Å². The Hall–Kier alpha value is -3.61. The van der Waals surface area contributed by atoms with Crippen molar-refractivity contribution in [3.05, 3.63) is 48.1 Å². The molecule has 2 amide bonds. The standard InChI is InChI=1S/C36H53N3O9/c1-6-20-45-36-31(39(5)35(43)44-8-3)23-29(38-46-9-4)27-21-24(14-10-12-18-40)26(15-11-13-19-41)32(33(27)36)28-22-25(16-17-30(28)48-36)47-34(42)37-7-2/h6,16-17,21-22,24,26,31-33,40-41H,1,7-15,18-20,23H2,2-5H3,(H,37,42)/t24-,26+,31-,32+,33+,36+/m0/s1. The lowest BCUT2D eigenvalue weighted by Gasteiger charge is -2.59. The maximum atomic E-state index is 13.4. The fourth-order valence-corrected chi connectivity index (χ4v) is 7.57. The molecule has 0 saturated heterocycles. The van der Waals surface area contributed by atoms with Crippen LogP contribution in [0.3, 0.4) is 0 Å². The predicted octanol–water partition coefficient (Wildman–Crippen LogP) is 5.54. The monoisotopic (exact) mass is 671 g/mol. The third-order valence-electron chi connectivity index (χ3n) is 9.50. The highest BCUT2D eigenvalue weighted by molar-refractivity contribution is 6.02. The van der Waals surface area contributed by atoms with E-state index in [0.29, 0.717) is 43.2 Å². The summed E-state index contributed by atoms with van der Waals surface area (Å²) in [5.41, 5.74) is 2.49. The van der Waals surface area contributed by atoms with Crippen molar-refractivity contribution < 1.29 is 43.6 Å². The first kappa shape index (κ1) is 37.2. The molecule has 48 heavy (non-hydrogen) atoms. The van der Waals surface area contributed by atoms with Gasteiger partial charge in [-0.25, -0.2) is 9.59 Å². The molecular formula is C36H53N3O9. The number of carbonyl (C=O) groups excluding carboxylic acids is 2. The van der Waals surface area contributed by atoms with E-state index >= 15 is 0 Å². The summed E-state index contributed by atoms with van der Waals surface area (Å²) in [6, 6.07) is 4.71. The van der Waals surface area contributed by atoms with Gasteiger partial charge in [-0.15, -0.1) is 6.58 Å². The number of likely N-dealkylation sites (N-methyl/N-ethyl adjacent to an activating group) is 1. The Kier molecular flexibility index (Phi) is 13.7. The Bertz CT molecular complexity index is 1320. The van der Waals surface area contributed by atoms with E-state index in [1.54, 1.807) is 32.2 Å². The smallest absolute Gasteiger partial charge is 0.412 e. The lowest BCUT2D eigenvalue weighted by Crippen LogP contribution is -2.69. The van der Waals surface area contributed by atoms with Gasteiger partial charge in [-0.3, -0.25) is 0 Å². The minimum Gasteiger partial charge on any atom is -0.459 e. The third-order valence-corrected chi connectivity index (χ3v) is 9.50. The highest BCUT2D eigenvalue weighted by atomic mass is 16.7. The number of carbonyl (C=O) groups is 2. The summed E-state index contributed by atoms with van der Waals surface area (Å²) in [5.74, 6) is -0.945. The van der Waals surface area contributed by atoms with Crippen LogP contribution in [-0.4, -0.2) is 91.5 Å². The summed E-state index contributed by atoms with van der Waals surface area (Å²) in [7, 11) is 1.69. The maximum Gasteiger partial charge on any atom is 0.412 e. The van der Waals surface area contributed by atoms with Gasteiger partial charge in [-0.05, 0) is 82.1 Å². The lowest BCUT2D eigenvalue weighted by molar-refractivity contribution is -0.253. The number of nitrogens with zero attached hydrogens (tertiary/aromatic N) is 2. The van der Waals surface area contributed by atoms with Gasteiger partial charge in [0, 0.05) is 44.7 Å². The number of allylic oxidation sites excluding steroid dienone is 1. The summed E-state index contributed by atoms with van der Waals surface area (Å²) in [6.45, 7) is 10.7. The molecule has 6 atom stereocenters. The van der Waals surface area contributed by atoms with Crippen LogP contribution in [-0.2, 0) is 14.3 Å². The molecule has 12 nitrogen and oxygen atoms in total. The first-order valence-electron chi connectivity index (χ1n) is 17.4. The Morgan fingerprint density at radius 1 is 1.12 bits per heavy atom. The number of benzene rings is 1. The second kappa shape index (κ2) is 17.7. The molecular weight excluding hydrogens is 618 g/mol. The zero-order chi connectivity index (χ0) is 34.7. The molecule has 266 valence electrons. The van der Waals surface area contributed by atoms with Crippen molar-refractivity contribution in [1.82, 2.24) is 10.2 Å². The first-order chi connectivity index (χ1) is 23.3. The fraction of sp³-hybridized carbons (Fsp3) is 0.639. The summed E-state index contributed by atoms with van der Waals surface area (Å²) >= 11 is 0. The molecule has 3 aliphatic rings. The minimum atomic E-state index is -1.36. The molecule has 2 aliphatic carbocycles. The van der Waals surface area contributed by atoms with Gasteiger partial charge in [-0.2, -0.15) is 0 Å². The zero-order valence-corrected chi connectivity index (χ0v) is 28.8. The highest BCUT2D eigenvalue weighted by Gasteiger charge is 2.65. The van der Waals surface area contributed by atoms with Crippen molar-refractivity contribution in [2.24, 2.45) is 22.9 Å². The minimum absolute atomic E-state index is 0.0538. The second-order valence-electron chi connectivity index (χ2n) is 12.4. The molecule has 1 fully saturated rings. The number of ether oxygens (including phenoxy) is 4. The van der Waals surface area contributed by atoms with Crippen molar-refractivity contribution in [3.63, 3.8) is 0 Å². The molecule has 1 aromatic carbocycles. The van der Waals surface area contributed by atoms with Gasteiger partial charge >= 0.3 is 12.2 Å². The summed E-state index contributed by atoms with van der Waals surface area (Å²) in [6.07, 6.45) is 7.74. The van der Waals surface area contributed by atoms with Crippen molar-refractivity contribution in [3.8, 4) is 11.5 Å². The first-order valence-corrected chi connectivity index (χ1v) is 17.4. The van der Waals surface area contributed by atoms with E-state index in [1.807, 2.05) is 19.9 Å². The Labute approximate surface area is 284 Å². The van der Waals surface area contributed by atoms with E-state index in [1.165, 1.54) is 4.90 Å². The average Bonchev–Trinajstić information content (AvgIpc) is 3.08. The quantitative estimate of drug-likeness (QED) is 0.110. The molecule has 0 aromatic heterocycles. The molecule has 3 N–H and O–H groups in total. The molecule has 0 bridgehead atoms. The largest absolute Gasteiger partial charge is 0.459 e. The van der Waals surface area contributed by atoms with Crippen LogP contribution >= 0.6 is 0 Å². The van der Waals surface area contributed by atoms with Crippen LogP contribution in [0.1, 0.15) is 77.2 Å². The third kappa shape index (κ3) is 7.98. The van der Waals surface area contributed by atoms with E-state index in [0.717, 1.165) is 36.8 Å². The van der Waals surface area contributed by atoms with Gasteiger partial charge in [0.2, 0.25) is 5.79 Å². The summed E-state index contributed by atoms with van der Waals surface area (Å²) in [5, 5.41) is 26.7. The number of oxime groups is 1. The predicted molar refractivity (Wildman–Crippen MR) is 181 cm³/mol. The number of unbranched alkanes of at least 4 members (excludes halogenated alkanes) is 2. The molecule has 0 unspecified atom stereocenters. The topological polar surface area (TPSA) is 148 Å².